The number of halogens is 1. The molecular weight excluding hydrogens is 234 g/mol. The molecule has 0 saturated carbocycles. The van der Waals surface area contributed by atoms with Crippen molar-refractivity contribution in [2.75, 3.05) is 19.8 Å². The third-order valence-corrected chi connectivity index (χ3v) is 3.36. The molecule has 0 radical (unpaired) electrons. The molecule has 0 aliphatic carbocycles. The lowest BCUT2D eigenvalue weighted by atomic mass is 10.1. The molecule has 74 valence electrons. The van der Waals surface area contributed by atoms with Crippen molar-refractivity contribution in [1.82, 2.24) is 4.90 Å². The number of hydrogen-bond acceptors (Lipinski definition) is 2. The molecule has 2 aliphatic heterocycles. The number of rotatable bonds is 1. The average Bonchev–Trinajstić information content (AvgIpc) is 2.47. The van der Waals surface area contributed by atoms with Crippen molar-refractivity contribution in [2.24, 2.45) is 0 Å². The second-order valence-electron chi connectivity index (χ2n) is 3.69. The molecule has 3 nitrogen and oxygen atoms in total. The van der Waals surface area contributed by atoms with E-state index in [4.69, 9.17) is 4.74 Å². The summed E-state index contributed by atoms with van der Waals surface area (Å²) in [7, 11) is 0. The minimum atomic E-state index is 0.300. The molecule has 2 rings (SSSR count). The molecule has 2 fully saturated rings. The highest BCUT2D eigenvalue weighted by Crippen LogP contribution is 2.24. The van der Waals surface area contributed by atoms with E-state index < -0.39 is 0 Å². The van der Waals surface area contributed by atoms with Crippen LogP contribution in [0.4, 0.5) is 0 Å². The lowest BCUT2D eigenvalue weighted by molar-refractivity contribution is -0.131. The first kappa shape index (κ1) is 9.46. The molecular formula is C9H14BrNO2. The van der Waals surface area contributed by atoms with E-state index in [1.807, 2.05) is 4.90 Å². The number of alkyl halides is 1. The molecule has 13 heavy (non-hydrogen) atoms. The van der Waals surface area contributed by atoms with Gasteiger partial charge in [-0.25, -0.2) is 0 Å². The van der Waals surface area contributed by atoms with Gasteiger partial charge in [-0.1, -0.05) is 15.9 Å². The van der Waals surface area contributed by atoms with Gasteiger partial charge < -0.3 is 9.64 Å². The van der Waals surface area contributed by atoms with Gasteiger partial charge in [-0.15, -0.1) is 0 Å². The molecule has 0 aromatic rings. The zero-order valence-corrected chi connectivity index (χ0v) is 9.13. The summed E-state index contributed by atoms with van der Waals surface area (Å²) in [6.45, 7) is 2.49. The van der Waals surface area contributed by atoms with Crippen LogP contribution in [0.3, 0.4) is 0 Å². The summed E-state index contributed by atoms with van der Waals surface area (Å²) in [5, 5.41) is 0. The molecule has 0 N–H and O–H groups in total. The van der Waals surface area contributed by atoms with Gasteiger partial charge in [-0.3, -0.25) is 4.79 Å². The van der Waals surface area contributed by atoms with Gasteiger partial charge in [0.2, 0.25) is 5.91 Å². The second-order valence-corrected chi connectivity index (χ2v) is 4.99. The average molecular weight is 248 g/mol. The van der Waals surface area contributed by atoms with Gasteiger partial charge in [-0.2, -0.15) is 0 Å². The Hall–Kier alpha value is -0.0900. The number of amides is 1. The number of likely N-dealkylation sites (tertiary alicyclic amines) is 1. The monoisotopic (exact) mass is 247 g/mol. The fraction of sp³-hybridized carbons (Fsp3) is 0.889. The van der Waals surface area contributed by atoms with Crippen LogP contribution < -0.4 is 0 Å². The number of carbonyl (C=O) groups is 1. The highest BCUT2D eigenvalue weighted by Gasteiger charge is 2.33. The molecule has 0 aromatic carbocycles. The summed E-state index contributed by atoms with van der Waals surface area (Å²) in [5.41, 5.74) is 0. The van der Waals surface area contributed by atoms with E-state index in [0.29, 0.717) is 23.2 Å². The summed E-state index contributed by atoms with van der Waals surface area (Å²) in [6, 6.07) is 0.434. The van der Waals surface area contributed by atoms with Crippen molar-refractivity contribution in [3.63, 3.8) is 0 Å². The Morgan fingerprint density at radius 2 is 2.08 bits per heavy atom. The normalized spacial score (nSPS) is 31.3. The fourth-order valence-electron chi connectivity index (χ4n) is 2.04. The van der Waals surface area contributed by atoms with E-state index in [1.54, 1.807) is 0 Å². The fourth-order valence-corrected chi connectivity index (χ4v) is 2.62. The maximum absolute atomic E-state index is 11.5. The number of ether oxygens (including phenoxy) is 1. The smallest absolute Gasteiger partial charge is 0.224 e. The molecule has 1 amide bonds. The van der Waals surface area contributed by atoms with E-state index in [0.717, 1.165) is 32.6 Å². The van der Waals surface area contributed by atoms with Crippen molar-refractivity contribution in [2.45, 2.75) is 30.1 Å². The zero-order chi connectivity index (χ0) is 9.26. The topological polar surface area (TPSA) is 29.5 Å². The van der Waals surface area contributed by atoms with Gasteiger partial charge in [-0.05, 0) is 12.8 Å². The van der Waals surface area contributed by atoms with Gasteiger partial charge in [0, 0.05) is 37.0 Å². The predicted molar refractivity (Wildman–Crippen MR) is 52.9 cm³/mol. The van der Waals surface area contributed by atoms with E-state index in [-0.39, 0.29) is 0 Å². The molecule has 2 saturated heterocycles. The Labute approximate surface area is 86.5 Å². The van der Waals surface area contributed by atoms with E-state index in [2.05, 4.69) is 15.9 Å². The molecule has 0 aromatic heterocycles. The first-order valence-corrected chi connectivity index (χ1v) is 5.70. The lowest BCUT2D eigenvalue weighted by Crippen LogP contribution is -2.40. The Morgan fingerprint density at radius 1 is 1.38 bits per heavy atom. The highest BCUT2D eigenvalue weighted by molar-refractivity contribution is 9.09. The molecule has 1 atom stereocenters. The Kier molecular flexibility index (Phi) is 2.89. The van der Waals surface area contributed by atoms with Crippen LogP contribution >= 0.6 is 15.9 Å². The van der Waals surface area contributed by atoms with Crippen molar-refractivity contribution < 1.29 is 9.53 Å². The van der Waals surface area contributed by atoms with Crippen LogP contribution in [0.25, 0.3) is 0 Å². The summed E-state index contributed by atoms with van der Waals surface area (Å²) in [5.74, 6) is 0.300. The number of nitrogens with zero attached hydrogens (tertiary/aromatic N) is 1. The first-order chi connectivity index (χ1) is 6.27. The third-order valence-electron chi connectivity index (χ3n) is 2.74. The standard InChI is InChI=1S/C9H14BrNO2/c10-7-5-9(12)11(6-7)8-1-3-13-4-2-8/h7-8H,1-6H2. The largest absolute Gasteiger partial charge is 0.381 e. The van der Waals surface area contributed by atoms with E-state index in [9.17, 15) is 4.79 Å². The van der Waals surface area contributed by atoms with Crippen LogP contribution in [0.5, 0.6) is 0 Å². The second kappa shape index (κ2) is 3.96. The minimum absolute atomic E-state index is 0.300. The van der Waals surface area contributed by atoms with Crippen LogP contribution in [-0.2, 0) is 9.53 Å². The van der Waals surface area contributed by atoms with Crippen LogP contribution in [0.2, 0.25) is 0 Å². The highest BCUT2D eigenvalue weighted by atomic mass is 79.9. The van der Waals surface area contributed by atoms with Gasteiger partial charge in [0.05, 0.1) is 0 Å². The van der Waals surface area contributed by atoms with Crippen molar-refractivity contribution in [1.29, 1.82) is 0 Å². The van der Waals surface area contributed by atoms with Gasteiger partial charge in [0.1, 0.15) is 0 Å². The quantitative estimate of drug-likeness (QED) is 0.652. The molecule has 1 unspecified atom stereocenters. The van der Waals surface area contributed by atoms with Gasteiger partial charge in [0.15, 0.2) is 0 Å². The molecule has 2 aliphatic rings. The van der Waals surface area contributed by atoms with Crippen LogP contribution in [-0.4, -0.2) is 41.4 Å². The van der Waals surface area contributed by atoms with E-state index >= 15 is 0 Å². The SMILES string of the molecule is O=C1CC(Br)CN1C1CCOCC1. The molecule has 0 spiro atoms. The van der Waals surface area contributed by atoms with Crippen molar-refractivity contribution in [3.8, 4) is 0 Å². The molecule has 4 heteroatoms. The van der Waals surface area contributed by atoms with Crippen LogP contribution in [0.1, 0.15) is 19.3 Å². The predicted octanol–water partition coefficient (Wildman–Crippen LogP) is 1.16. The Bertz CT molecular complexity index is 204. The summed E-state index contributed by atoms with van der Waals surface area (Å²) in [6.07, 6.45) is 2.67. The van der Waals surface area contributed by atoms with Crippen LogP contribution in [0.15, 0.2) is 0 Å². The lowest BCUT2D eigenvalue weighted by Gasteiger charge is -2.30. The minimum Gasteiger partial charge on any atom is -0.381 e. The van der Waals surface area contributed by atoms with Gasteiger partial charge >= 0.3 is 0 Å². The van der Waals surface area contributed by atoms with Crippen molar-refractivity contribution >= 4 is 21.8 Å². The summed E-state index contributed by atoms with van der Waals surface area (Å²) >= 11 is 3.49. The maximum Gasteiger partial charge on any atom is 0.224 e. The molecule has 2 heterocycles. The zero-order valence-electron chi connectivity index (χ0n) is 7.54. The summed E-state index contributed by atoms with van der Waals surface area (Å²) < 4.78 is 5.27. The molecule has 0 bridgehead atoms. The van der Waals surface area contributed by atoms with E-state index in [1.165, 1.54) is 0 Å². The number of hydrogen-bond donors (Lipinski definition) is 0. The Balaban J connectivity index is 1.95. The van der Waals surface area contributed by atoms with Gasteiger partial charge in [0.25, 0.3) is 0 Å². The Morgan fingerprint density at radius 3 is 2.62 bits per heavy atom. The first-order valence-electron chi connectivity index (χ1n) is 4.78. The summed E-state index contributed by atoms with van der Waals surface area (Å²) in [4.78, 5) is 13.9. The van der Waals surface area contributed by atoms with Crippen molar-refractivity contribution in [3.05, 3.63) is 0 Å². The van der Waals surface area contributed by atoms with Crippen LogP contribution in [0, 0.1) is 0 Å². The number of carbonyl (C=O) groups excluding carboxylic acids is 1. The maximum atomic E-state index is 11.5. The third kappa shape index (κ3) is 2.05.